The highest BCUT2D eigenvalue weighted by Gasteiger charge is 2.45. The Balaban J connectivity index is 1.15. The Bertz CT molecular complexity index is 2380. The third-order valence-corrected chi connectivity index (χ3v) is 11.0. The number of rotatable bonds is 5. The van der Waals surface area contributed by atoms with Crippen LogP contribution in [0.2, 0.25) is 0 Å². The van der Waals surface area contributed by atoms with Gasteiger partial charge in [0, 0.05) is 28.3 Å². The van der Waals surface area contributed by atoms with Crippen LogP contribution in [-0.4, -0.2) is 19.9 Å². The summed E-state index contributed by atoms with van der Waals surface area (Å²) >= 11 is 0. The van der Waals surface area contributed by atoms with Gasteiger partial charge in [-0.1, -0.05) is 92.7 Å². The Labute approximate surface area is 291 Å². The maximum atomic E-state index is 9.22. The second kappa shape index (κ2) is 12.0. The van der Waals surface area contributed by atoms with Crippen LogP contribution in [0.15, 0.2) is 114 Å². The zero-order valence-corrected chi connectivity index (χ0v) is 28.3. The molecule has 6 heteroatoms. The smallest absolute Gasteiger partial charge is 0.228 e. The van der Waals surface area contributed by atoms with Crippen LogP contribution in [0.3, 0.4) is 0 Å². The predicted molar refractivity (Wildman–Crippen MR) is 198 cm³/mol. The summed E-state index contributed by atoms with van der Waals surface area (Å²) in [6, 6.07) is 37.2. The summed E-state index contributed by atoms with van der Waals surface area (Å²) in [5.74, 6) is 4.16. The molecular weight excluding hydrogens is 615 g/mol. The number of benzene rings is 4. The maximum Gasteiger partial charge on any atom is 0.228 e. The lowest BCUT2D eigenvalue weighted by Gasteiger charge is -2.50. The van der Waals surface area contributed by atoms with Gasteiger partial charge in [-0.15, -0.1) is 0 Å². The van der Waals surface area contributed by atoms with Crippen molar-refractivity contribution in [3.05, 3.63) is 120 Å². The molecule has 0 N–H and O–H groups in total. The number of hydrogen-bond acceptors (Lipinski definition) is 6. The maximum absolute atomic E-state index is 9.22. The molecule has 50 heavy (non-hydrogen) atoms. The van der Waals surface area contributed by atoms with E-state index in [0.29, 0.717) is 28.8 Å². The first-order valence-corrected chi connectivity index (χ1v) is 17.7. The summed E-state index contributed by atoms with van der Waals surface area (Å²) in [6.45, 7) is 4.88. The minimum absolute atomic E-state index is 0.260. The van der Waals surface area contributed by atoms with E-state index < -0.39 is 0 Å². The first-order chi connectivity index (χ1) is 24.4. The van der Waals surface area contributed by atoms with Crippen LogP contribution in [0, 0.1) is 29.1 Å². The lowest BCUT2D eigenvalue weighted by atomic mass is 9.54. The van der Waals surface area contributed by atoms with E-state index in [2.05, 4.69) is 79.5 Å². The Morgan fingerprint density at radius 3 is 1.90 bits per heavy atom. The summed E-state index contributed by atoms with van der Waals surface area (Å²) in [5, 5.41) is 11.1. The second-order valence-electron chi connectivity index (χ2n) is 14.7. The van der Waals surface area contributed by atoms with Gasteiger partial charge in [-0.05, 0) is 96.2 Å². The van der Waals surface area contributed by atoms with Gasteiger partial charge in [-0.25, -0.2) is 19.9 Å². The molecule has 3 heterocycles. The van der Waals surface area contributed by atoms with Crippen molar-refractivity contribution in [2.24, 2.45) is 17.8 Å². The molecule has 4 atom stereocenters. The van der Waals surface area contributed by atoms with E-state index in [9.17, 15) is 5.26 Å². The largest absolute Gasteiger partial charge is 0.438 e. The molecule has 7 aromatic rings. The summed E-state index contributed by atoms with van der Waals surface area (Å²) in [7, 11) is 0. The topological polar surface area (TPSA) is 88.5 Å². The highest BCUT2D eigenvalue weighted by Crippen LogP contribution is 2.54. The van der Waals surface area contributed by atoms with E-state index in [4.69, 9.17) is 19.4 Å². The number of furan rings is 1. The van der Waals surface area contributed by atoms with Gasteiger partial charge in [0.1, 0.15) is 5.58 Å². The third kappa shape index (κ3) is 5.34. The Morgan fingerprint density at radius 2 is 1.24 bits per heavy atom. The number of pyridine rings is 1. The number of para-hydroxylation sites is 1. The Hall–Kier alpha value is -5.67. The third-order valence-electron chi connectivity index (χ3n) is 11.0. The van der Waals surface area contributed by atoms with E-state index >= 15 is 0 Å². The van der Waals surface area contributed by atoms with Gasteiger partial charge in [0.15, 0.2) is 17.5 Å². The first-order valence-electron chi connectivity index (χ1n) is 17.7. The highest BCUT2D eigenvalue weighted by atomic mass is 16.3. The lowest BCUT2D eigenvalue weighted by molar-refractivity contribution is 0.0780. The molecule has 2 fully saturated rings. The predicted octanol–water partition coefficient (Wildman–Crippen LogP) is 10.8. The molecular formula is C44H37N5O. The van der Waals surface area contributed by atoms with Crippen molar-refractivity contribution in [3.8, 4) is 51.4 Å². The normalized spacial score (nSPS) is 21.7. The molecule has 244 valence electrons. The van der Waals surface area contributed by atoms with Gasteiger partial charge < -0.3 is 4.42 Å². The zero-order valence-electron chi connectivity index (χ0n) is 28.3. The van der Waals surface area contributed by atoms with Gasteiger partial charge in [0.2, 0.25) is 5.71 Å². The van der Waals surface area contributed by atoms with Crippen molar-refractivity contribution in [2.45, 2.75) is 51.4 Å². The molecule has 2 bridgehead atoms. The van der Waals surface area contributed by atoms with Crippen molar-refractivity contribution >= 4 is 22.1 Å². The van der Waals surface area contributed by atoms with Crippen LogP contribution < -0.4 is 0 Å². The van der Waals surface area contributed by atoms with Crippen molar-refractivity contribution < 1.29 is 4.42 Å². The molecule has 0 amide bonds. The van der Waals surface area contributed by atoms with Gasteiger partial charge in [-0.3, -0.25) is 0 Å². The summed E-state index contributed by atoms with van der Waals surface area (Å²) < 4.78 is 6.13. The average molecular weight is 652 g/mol. The fourth-order valence-corrected chi connectivity index (χ4v) is 9.17. The minimum Gasteiger partial charge on any atom is -0.438 e. The van der Waals surface area contributed by atoms with Crippen LogP contribution in [0.5, 0.6) is 0 Å². The molecule has 2 aliphatic carbocycles. The van der Waals surface area contributed by atoms with Crippen LogP contribution in [0.1, 0.15) is 57.1 Å². The van der Waals surface area contributed by atoms with E-state index in [0.717, 1.165) is 61.9 Å². The molecule has 2 saturated carbocycles. The molecule has 9 rings (SSSR count). The minimum atomic E-state index is 0.260. The molecule has 4 aromatic carbocycles. The van der Waals surface area contributed by atoms with Gasteiger partial charge in [-0.2, -0.15) is 5.26 Å². The van der Waals surface area contributed by atoms with Crippen molar-refractivity contribution in [1.82, 2.24) is 19.9 Å². The molecule has 0 radical (unpaired) electrons. The second-order valence-corrected chi connectivity index (χ2v) is 14.7. The molecule has 6 nitrogen and oxygen atoms in total. The van der Waals surface area contributed by atoms with E-state index in [-0.39, 0.29) is 5.41 Å². The number of fused-ring (bicyclic) bond motifs is 5. The first kappa shape index (κ1) is 30.4. The number of hydrogen-bond donors (Lipinski definition) is 0. The van der Waals surface area contributed by atoms with Crippen molar-refractivity contribution in [2.75, 3.05) is 0 Å². The molecule has 2 unspecified atom stereocenters. The van der Waals surface area contributed by atoms with Crippen LogP contribution in [-0.2, 0) is 5.41 Å². The SMILES string of the molecule is C[C@@H]1CC2C[C@H](C)CC(c3ccc(-c4nc(-c5ccc(-c6ccc(C#N)cc6)cc5)nc(-c5ccnc6oc7ccccc7c56)n4)cc3)(C2)C1. The summed E-state index contributed by atoms with van der Waals surface area (Å²) in [6.07, 6.45) is 8.32. The average Bonchev–Trinajstić information content (AvgIpc) is 3.53. The summed E-state index contributed by atoms with van der Waals surface area (Å²) in [5.41, 5.74) is 8.51. The van der Waals surface area contributed by atoms with Crippen molar-refractivity contribution in [1.29, 1.82) is 5.26 Å². The fourth-order valence-electron chi connectivity index (χ4n) is 9.17. The molecule has 0 saturated heterocycles. The van der Waals surface area contributed by atoms with Crippen LogP contribution in [0.4, 0.5) is 0 Å². The molecule has 3 aromatic heterocycles. The Kier molecular flexibility index (Phi) is 7.31. The molecule has 0 spiro atoms. The quantitative estimate of drug-likeness (QED) is 0.184. The number of nitrogens with zero attached hydrogens (tertiary/aromatic N) is 5. The van der Waals surface area contributed by atoms with Crippen LogP contribution in [0.25, 0.3) is 67.4 Å². The van der Waals surface area contributed by atoms with Gasteiger partial charge in [0.05, 0.1) is 17.0 Å². The van der Waals surface area contributed by atoms with Gasteiger partial charge in [0.25, 0.3) is 0 Å². The number of aromatic nitrogens is 4. The monoisotopic (exact) mass is 651 g/mol. The standard InChI is InChI=1S/C44H37N5O/c1-27-21-30-22-28(2)24-44(23-27,25-30)35-17-15-34(16-18-35)41-47-40(33-13-11-32(12-14-33)31-9-7-29(26-45)8-10-31)48-42(49-41)37-19-20-46-43-39(37)36-5-3-4-6-38(36)50-43/h3-20,27-28,30H,21-25H2,1-2H3/t27-,28+,30?,44?. The molecule has 0 aliphatic heterocycles. The van der Waals surface area contributed by atoms with E-state index in [1.807, 2.05) is 48.5 Å². The van der Waals surface area contributed by atoms with Crippen LogP contribution >= 0.6 is 0 Å². The van der Waals surface area contributed by atoms with Crippen molar-refractivity contribution in [3.63, 3.8) is 0 Å². The lowest BCUT2D eigenvalue weighted by Crippen LogP contribution is -2.42. The number of nitriles is 1. The highest BCUT2D eigenvalue weighted by molar-refractivity contribution is 6.10. The van der Waals surface area contributed by atoms with E-state index in [1.54, 1.807) is 6.20 Å². The molecule has 2 aliphatic rings. The fraction of sp³-hybridized carbons (Fsp3) is 0.250. The van der Waals surface area contributed by atoms with E-state index in [1.165, 1.54) is 37.7 Å². The Morgan fingerprint density at radius 1 is 0.660 bits per heavy atom. The van der Waals surface area contributed by atoms with Gasteiger partial charge >= 0.3 is 0 Å². The summed E-state index contributed by atoms with van der Waals surface area (Å²) in [4.78, 5) is 19.8. The zero-order chi connectivity index (χ0) is 33.8.